The zero-order chi connectivity index (χ0) is 11.3. The number of nitrogens with zero attached hydrogens (tertiary/aromatic N) is 1. The predicted molar refractivity (Wildman–Crippen MR) is 64.2 cm³/mol. The lowest BCUT2D eigenvalue weighted by atomic mass is 10.0. The number of rotatable bonds is 5. The van der Waals surface area contributed by atoms with E-state index < -0.39 is 0 Å². The molecule has 0 bridgehead atoms. The summed E-state index contributed by atoms with van der Waals surface area (Å²) in [6, 6.07) is 1.24. The summed E-state index contributed by atoms with van der Waals surface area (Å²) in [5.41, 5.74) is 0. The highest BCUT2D eigenvalue weighted by Gasteiger charge is 2.25. The van der Waals surface area contributed by atoms with Crippen molar-refractivity contribution in [1.29, 1.82) is 0 Å². The molecule has 1 fully saturated rings. The molecule has 0 aromatic carbocycles. The maximum atomic E-state index is 5.28. The van der Waals surface area contributed by atoms with E-state index in [1.54, 1.807) is 7.11 Å². The van der Waals surface area contributed by atoms with E-state index in [1.807, 2.05) is 0 Å². The minimum Gasteiger partial charge on any atom is -0.383 e. The monoisotopic (exact) mass is 214 g/mol. The largest absolute Gasteiger partial charge is 0.383 e. The van der Waals surface area contributed by atoms with Crippen LogP contribution in [0.3, 0.4) is 0 Å². The van der Waals surface area contributed by atoms with Crippen LogP contribution in [0.25, 0.3) is 0 Å². The second kappa shape index (κ2) is 6.46. The Bertz CT molecular complexity index is 173. The summed E-state index contributed by atoms with van der Waals surface area (Å²) in [5, 5.41) is 3.59. The molecular weight excluding hydrogens is 188 g/mol. The van der Waals surface area contributed by atoms with Crippen LogP contribution in [0, 0.1) is 5.92 Å². The van der Waals surface area contributed by atoms with Gasteiger partial charge in [0.25, 0.3) is 0 Å². The summed E-state index contributed by atoms with van der Waals surface area (Å²) < 4.78 is 5.28. The molecule has 1 N–H and O–H groups in total. The van der Waals surface area contributed by atoms with Crippen molar-refractivity contribution in [1.82, 2.24) is 10.2 Å². The Morgan fingerprint density at radius 1 is 1.47 bits per heavy atom. The van der Waals surface area contributed by atoms with Crippen LogP contribution in [-0.4, -0.2) is 50.3 Å². The van der Waals surface area contributed by atoms with Gasteiger partial charge in [-0.3, -0.25) is 4.90 Å². The molecule has 2 atom stereocenters. The zero-order valence-corrected chi connectivity index (χ0v) is 10.6. The molecule has 0 saturated carbocycles. The summed E-state index contributed by atoms with van der Waals surface area (Å²) >= 11 is 0. The SMILES string of the molecule is CCC(COC)N1CCNC(C(C)C)C1. The Kier molecular flexibility index (Phi) is 5.58. The Morgan fingerprint density at radius 2 is 2.20 bits per heavy atom. The standard InChI is InChI=1S/C12H26N2O/c1-5-11(9-15-4)14-7-6-13-12(8-14)10(2)3/h10-13H,5-9H2,1-4H3. The van der Waals surface area contributed by atoms with E-state index in [4.69, 9.17) is 4.74 Å². The normalized spacial score (nSPS) is 25.8. The zero-order valence-electron chi connectivity index (χ0n) is 10.6. The van der Waals surface area contributed by atoms with Crippen molar-refractivity contribution in [2.75, 3.05) is 33.4 Å². The minimum atomic E-state index is 0.596. The van der Waals surface area contributed by atoms with Gasteiger partial charge in [-0.25, -0.2) is 0 Å². The van der Waals surface area contributed by atoms with Gasteiger partial charge >= 0.3 is 0 Å². The molecule has 1 heterocycles. The van der Waals surface area contributed by atoms with Crippen molar-refractivity contribution in [2.24, 2.45) is 5.92 Å². The van der Waals surface area contributed by atoms with E-state index in [1.165, 1.54) is 13.0 Å². The van der Waals surface area contributed by atoms with E-state index >= 15 is 0 Å². The maximum Gasteiger partial charge on any atom is 0.0617 e. The van der Waals surface area contributed by atoms with Gasteiger partial charge in [0.15, 0.2) is 0 Å². The first-order chi connectivity index (χ1) is 7.19. The molecule has 3 nitrogen and oxygen atoms in total. The Labute approximate surface area is 94.2 Å². The molecule has 0 spiro atoms. The molecule has 0 amide bonds. The topological polar surface area (TPSA) is 24.5 Å². The fourth-order valence-corrected chi connectivity index (χ4v) is 2.25. The third kappa shape index (κ3) is 3.74. The van der Waals surface area contributed by atoms with E-state index in [-0.39, 0.29) is 0 Å². The number of ether oxygens (including phenoxy) is 1. The van der Waals surface area contributed by atoms with Crippen molar-refractivity contribution in [3.8, 4) is 0 Å². The fourth-order valence-electron chi connectivity index (χ4n) is 2.25. The molecule has 1 saturated heterocycles. The van der Waals surface area contributed by atoms with Gasteiger partial charge in [0.2, 0.25) is 0 Å². The smallest absolute Gasteiger partial charge is 0.0617 e. The number of hydrogen-bond donors (Lipinski definition) is 1. The summed E-state index contributed by atoms with van der Waals surface area (Å²) in [4.78, 5) is 2.57. The average molecular weight is 214 g/mol. The summed E-state index contributed by atoms with van der Waals surface area (Å²) in [6.45, 7) is 11.1. The molecule has 15 heavy (non-hydrogen) atoms. The molecule has 90 valence electrons. The maximum absolute atomic E-state index is 5.28. The van der Waals surface area contributed by atoms with Crippen LogP contribution in [0.15, 0.2) is 0 Å². The van der Waals surface area contributed by atoms with Gasteiger partial charge in [-0.1, -0.05) is 20.8 Å². The first-order valence-corrected chi connectivity index (χ1v) is 6.15. The third-order valence-corrected chi connectivity index (χ3v) is 3.39. The van der Waals surface area contributed by atoms with Gasteiger partial charge in [0.1, 0.15) is 0 Å². The summed E-state index contributed by atoms with van der Waals surface area (Å²) in [7, 11) is 1.80. The molecule has 1 aliphatic rings. The third-order valence-electron chi connectivity index (χ3n) is 3.39. The first kappa shape index (κ1) is 12.9. The molecular formula is C12H26N2O. The van der Waals surface area contributed by atoms with Crippen molar-refractivity contribution in [3.63, 3.8) is 0 Å². The van der Waals surface area contributed by atoms with Gasteiger partial charge in [-0.15, -0.1) is 0 Å². The second-order valence-corrected chi connectivity index (χ2v) is 4.82. The van der Waals surface area contributed by atoms with E-state index in [9.17, 15) is 0 Å². The second-order valence-electron chi connectivity index (χ2n) is 4.82. The summed E-state index contributed by atoms with van der Waals surface area (Å²) in [6.07, 6.45) is 1.18. The van der Waals surface area contributed by atoms with Gasteiger partial charge in [-0.05, 0) is 12.3 Å². The number of piperazine rings is 1. The molecule has 0 aromatic heterocycles. The fraction of sp³-hybridized carbons (Fsp3) is 1.00. The molecule has 1 rings (SSSR count). The van der Waals surface area contributed by atoms with Crippen molar-refractivity contribution in [2.45, 2.75) is 39.3 Å². The van der Waals surface area contributed by atoms with Crippen molar-refractivity contribution in [3.05, 3.63) is 0 Å². The lowest BCUT2D eigenvalue weighted by molar-refractivity contribution is 0.0609. The molecule has 0 aromatic rings. The van der Waals surface area contributed by atoms with E-state index in [2.05, 4.69) is 31.0 Å². The van der Waals surface area contributed by atoms with Crippen LogP contribution >= 0.6 is 0 Å². The molecule has 2 unspecified atom stereocenters. The number of nitrogens with one attached hydrogen (secondary N) is 1. The Balaban J connectivity index is 2.46. The highest BCUT2D eigenvalue weighted by atomic mass is 16.5. The predicted octanol–water partition coefficient (Wildman–Crippen LogP) is 1.34. The van der Waals surface area contributed by atoms with Crippen LogP contribution in [0.4, 0.5) is 0 Å². The van der Waals surface area contributed by atoms with Crippen LogP contribution in [0.2, 0.25) is 0 Å². The van der Waals surface area contributed by atoms with E-state index in [0.29, 0.717) is 18.0 Å². The Morgan fingerprint density at radius 3 is 2.73 bits per heavy atom. The Hall–Kier alpha value is -0.120. The highest BCUT2D eigenvalue weighted by molar-refractivity contribution is 4.84. The average Bonchev–Trinajstić information content (AvgIpc) is 2.26. The van der Waals surface area contributed by atoms with Crippen LogP contribution in [0.1, 0.15) is 27.2 Å². The quantitative estimate of drug-likeness (QED) is 0.747. The van der Waals surface area contributed by atoms with Gasteiger partial charge < -0.3 is 10.1 Å². The van der Waals surface area contributed by atoms with Gasteiger partial charge in [-0.2, -0.15) is 0 Å². The molecule has 0 aliphatic carbocycles. The van der Waals surface area contributed by atoms with E-state index in [0.717, 1.165) is 19.7 Å². The lowest BCUT2D eigenvalue weighted by Gasteiger charge is -2.39. The van der Waals surface area contributed by atoms with Crippen molar-refractivity contribution < 1.29 is 4.74 Å². The van der Waals surface area contributed by atoms with Gasteiger partial charge in [0, 0.05) is 38.8 Å². The van der Waals surface area contributed by atoms with Gasteiger partial charge in [0.05, 0.1) is 6.61 Å². The van der Waals surface area contributed by atoms with Crippen LogP contribution in [-0.2, 0) is 4.74 Å². The molecule has 1 aliphatic heterocycles. The molecule has 3 heteroatoms. The number of methoxy groups -OCH3 is 1. The van der Waals surface area contributed by atoms with Crippen LogP contribution in [0.5, 0.6) is 0 Å². The first-order valence-electron chi connectivity index (χ1n) is 6.15. The van der Waals surface area contributed by atoms with Crippen LogP contribution < -0.4 is 5.32 Å². The summed E-state index contributed by atoms with van der Waals surface area (Å²) in [5.74, 6) is 0.716. The minimum absolute atomic E-state index is 0.596. The number of hydrogen-bond acceptors (Lipinski definition) is 3. The lowest BCUT2D eigenvalue weighted by Crippen LogP contribution is -2.56. The van der Waals surface area contributed by atoms with Crippen molar-refractivity contribution >= 4 is 0 Å². The highest BCUT2D eigenvalue weighted by Crippen LogP contribution is 2.13. The molecule has 0 radical (unpaired) electrons.